The second kappa shape index (κ2) is 6.53. The van der Waals surface area contributed by atoms with E-state index >= 15 is 0 Å². The van der Waals surface area contributed by atoms with Crippen LogP contribution in [0.1, 0.15) is 11.1 Å². The highest BCUT2D eigenvalue weighted by Crippen LogP contribution is 2.25. The fourth-order valence-electron chi connectivity index (χ4n) is 1.84. The van der Waals surface area contributed by atoms with Gasteiger partial charge in [-0.1, -0.05) is 18.2 Å². The van der Waals surface area contributed by atoms with Gasteiger partial charge in [-0.05, 0) is 48.7 Å². The maximum absolute atomic E-state index is 5.82. The number of ether oxygens (including phenoxy) is 1. The van der Waals surface area contributed by atoms with Crippen molar-refractivity contribution in [3.63, 3.8) is 0 Å². The highest BCUT2D eigenvalue weighted by molar-refractivity contribution is 7.99. The Morgan fingerprint density at radius 1 is 1.11 bits per heavy atom. The molecule has 0 atom stereocenters. The lowest BCUT2D eigenvalue weighted by molar-refractivity contribution is 0.414. The highest BCUT2D eigenvalue weighted by Gasteiger charge is 2.01. The van der Waals surface area contributed by atoms with E-state index < -0.39 is 0 Å². The Morgan fingerprint density at radius 2 is 1.84 bits per heavy atom. The summed E-state index contributed by atoms with van der Waals surface area (Å²) < 4.78 is 5.15. The summed E-state index contributed by atoms with van der Waals surface area (Å²) in [4.78, 5) is 1.27. The zero-order valence-electron chi connectivity index (χ0n) is 11.3. The van der Waals surface area contributed by atoms with Crippen LogP contribution in [0.2, 0.25) is 0 Å². The Balaban J connectivity index is 1.90. The van der Waals surface area contributed by atoms with Crippen molar-refractivity contribution in [1.82, 2.24) is 0 Å². The molecular weight excluding hydrogens is 254 g/mol. The number of thioether (sulfide) groups is 1. The molecule has 0 amide bonds. The number of benzene rings is 2. The van der Waals surface area contributed by atoms with Crippen molar-refractivity contribution in [2.45, 2.75) is 18.2 Å². The number of rotatable bonds is 5. The van der Waals surface area contributed by atoms with Crippen molar-refractivity contribution in [3.8, 4) is 5.75 Å². The van der Waals surface area contributed by atoms with E-state index in [1.165, 1.54) is 16.0 Å². The van der Waals surface area contributed by atoms with Crippen LogP contribution in [0.25, 0.3) is 0 Å². The first-order valence-electron chi connectivity index (χ1n) is 6.31. The summed E-state index contributed by atoms with van der Waals surface area (Å²) in [5.41, 5.74) is 9.26. The molecule has 2 nitrogen and oxygen atoms in total. The van der Waals surface area contributed by atoms with Gasteiger partial charge in [-0.3, -0.25) is 0 Å². The van der Waals surface area contributed by atoms with Gasteiger partial charge in [0.25, 0.3) is 0 Å². The molecule has 0 aliphatic rings. The van der Waals surface area contributed by atoms with Crippen LogP contribution in [0.4, 0.5) is 5.69 Å². The Bertz CT molecular complexity index is 537. The average Bonchev–Trinajstić information content (AvgIpc) is 2.43. The van der Waals surface area contributed by atoms with E-state index in [9.17, 15) is 0 Å². The van der Waals surface area contributed by atoms with Crippen LogP contribution in [0.5, 0.6) is 5.75 Å². The summed E-state index contributed by atoms with van der Waals surface area (Å²) in [5, 5.41) is 0. The molecule has 0 saturated carbocycles. The number of hydrogen-bond donors (Lipinski definition) is 1. The molecule has 2 aromatic rings. The maximum Gasteiger partial charge on any atom is 0.118 e. The van der Waals surface area contributed by atoms with Gasteiger partial charge in [-0.15, -0.1) is 11.8 Å². The highest BCUT2D eigenvalue weighted by atomic mass is 32.2. The van der Waals surface area contributed by atoms with Gasteiger partial charge in [0.1, 0.15) is 5.75 Å². The molecule has 3 heteroatoms. The summed E-state index contributed by atoms with van der Waals surface area (Å²) in [6, 6.07) is 14.3. The SMILES string of the molecule is COc1ccc(CCSc2cc(N)ccc2C)cc1. The molecule has 2 aromatic carbocycles. The summed E-state index contributed by atoms with van der Waals surface area (Å²) >= 11 is 1.85. The molecule has 0 aliphatic carbocycles. The fourth-order valence-corrected chi connectivity index (χ4v) is 2.92. The normalized spacial score (nSPS) is 10.4. The van der Waals surface area contributed by atoms with Crippen molar-refractivity contribution in [2.24, 2.45) is 0 Å². The third-order valence-corrected chi connectivity index (χ3v) is 4.18. The van der Waals surface area contributed by atoms with Crippen LogP contribution in [0.3, 0.4) is 0 Å². The average molecular weight is 273 g/mol. The van der Waals surface area contributed by atoms with Crippen molar-refractivity contribution >= 4 is 17.4 Å². The van der Waals surface area contributed by atoms with Crippen LogP contribution in [0, 0.1) is 6.92 Å². The number of aryl methyl sites for hydroxylation is 2. The number of hydrogen-bond acceptors (Lipinski definition) is 3. The van der Waals surface area contributed by atoms with Crippen LogP contribution < -0.4 is 10.5 Å². The third-order valence-electron chi connectivity index (χ3n) is 3.02. The van der Waals surface area contributed by atoms with E-state index in [2.05, 4.69) is 25.1 Å². The summed E-state index contributed by atoms with van der Waals surface area (Å²) in [6.45, 7) is 2.12. The van der Waals surface area contributed by atoms with Gasteiger partial charge in [0, 0.05) is 16.3 Å². The standard InChI is InChI=1S/C16H19NOS/c1-12-3-6-14(17)11-16(12)19-10-9-13-4-7-15(18-2)8-5-13/h3-8,11H,9-10,17H2,1-2H3. The lowest BCUT2D eigenvalue weighted by Gasteiger charge is -2.07. The smallest absolute Gasteiger partial charge is 0.118 e. The third kappa shape index (κ3) is 3.93. The quantitative estimate of drug-likeness (QED) is 0.662. The van der Waals surface area contributed by atoms with Gasteiger partial charge in [-0.25, -0.2) is 0 Å². The van der Waals surface area contributed by atoms with E-state index in [4.69, 9.17) is 10.5 Å². The summed E-state index contributed by atoms with van der Waals surface area (Å²) in [7, 11) is 1.69. The molecule has 100 valence electrons. The molecule has 0 fully saturated rings. The van der Waals surface area contributed by atoms with E-state index in [1.54, 1.807) is 7.11 Å². The maximum atomic E-state index is 5.82. The topological polar surface area (TPSA) is 35.2 Å². The van der Waals surface area contributed by atoms with Gasteiger partial charge >= 0.3 is 0 Å². The lowest BCUT2D eigenvalue weighted by Crippen LogP contribution is -1.92. The summed E-state index contributed by atoms with van der Waals surface area (Å²) in [6.07, 6.45) is 1.04. The first-order valence-corrected chi connectivity index (χ1v) is 7.29. The monoisotopic (exact) mass is 273 g/mol. The van der Waals surface area contributed by atoms with Gasteiger partial charge < -0.3 is 10.5 Å². The number of methoxy groups -OCH3 is 1. The Kier molecular flexibility index (Phi) is 4.74. The first kappa shape index (κ1) is 13.8. The van der Waals surface area contributed by atoms with Gasteiger partial charge in [0.15, 0.2) is 0 Å². The zero-order valence-corrected chi connectivity index (χ0v) is 12.2. The zero-order chi connectivity index (χ0) is 13.7. The molecule has 0 spiro atoms. The Morgan fingerprint density at radius 3 is 2.53 bits per heavy atom. The van der Waals surface area contributed by atoms with E-state index in [0.717, 1.165) is 23.6 Å². The molecule has 0 saturated heterocycles. The van der Waals surface area contributed by atoms with Crippen LogP contribution >= 0.6 is 11.8 Å². The molecular formula is C16H19NOS. The number of anilines is 1. The molecule has 0 aromatic heterocycles. The van der Waals surface area contributed by atoms with Gasteiger partial charge in [0.2, 0.25) is 0 Å². The Labute approximate surface area is 119 Å². The van der Waals surface area contributed by atoms with Gasteiger partial charge in [0.05, 0.1) is 7.11 Å². The molecule has 2 rings (SSSR count). The van der Waals surface area contributed by atoms with Crippen molar-refractivity contribution in [3.05, 3.63) is 53.6 Å². The largest absolute Gasteiger partial charge is 0.497 e. The Hall–Kier alpha value is -1.61. The van der Waals surface area contributed by atoms with Crippen LogP contribution in [-0.2, 0) is 6.42 Å². The predicted octanol–water partition coefficient (Wildman–Crippen LogP) is 3.92. The molecule has 0 unspecified atom stereocenters. The van der Waals surface area contributed by atoms with E-state index in [1.807, 2.05) is 36.0 Å². The van der Waals surface area contributed by atoms with E-state index in [-0.39, 0.29) is 0 Å². The van der Waals surface area contributed by atoms with E-state index in [0.29, 0.717) is 0 Å². The molecule has 0 bridgehead atoms. The number of nitrogens with two attached hydrogens (primary N) is 1. The lowest BCUT2D eigenvalue weighted by atomic mass is 10.2. The predicted molar refractivity (Wildman–Crippen MR) is 83.0 cm³/mol. The summed E-state index contributed by atoms with van der Waals surface area (Å²) in [5.74, 6) is 1.96. The van der Waals surface area contributed by atoms with Crippen molar-refractivity contribution in [1.29, 1.82) is 0 Å². The minimum Gasteiger partial charge on any atom is -0.497 e. The molecule has 19 heavy (non-hydrogen) atoms. The van der Waals surface area contributed by atoms with Crippen LogP contribution in [-0.4, -0.2) is 12.9 Å². The second-order valence-electron chi connectivity index (χ2n) is 4.47. The van der Waals surface area contributed by atoms with Crippen molar-refractivity contribution < 1.29 is 4.74 Å². The number of nitrogen functional groups attached to an aromatic ring is 1. The fraction of sp³-hybridized carbons (Fsp3) is 0.250. The second-order valence-corrected chi connectivity index (χ2v) is 5.61. The molecule has 0 aliphatic heterocycles. The van der Waals surface area contributed by atoms with Crippen molar-refractivity contribution in [2.75, 3.05) is 18.6 Å². The van der Waals surface area contributed by atoms with Gasteiger partial charge in [-0.2, -0.15) is 0 Å². The molecule has 0 radical (unpaired) electrons. The molecule has 0 heterocycles. The minimum atomic E-state index is 0.831. The van der Waals surface area contributed by atoms with Crippen LogP contribution in [0.15, 0.2) is 47.4 Å². The first-order chi connectivity index (χ1) is 9.19. The minimum absolute atomic E-state index is 0.831. The molecule has 2 N–H and O–H groups in total.